The minimum absolute atomic E-state index is 0.198. The summed E-state index contributed by atoms with van der Waals surface area (Å²) in [4.78, 5) is 16.4. The maximum Gasteiger partial charge on any atom is 0.141 e. The van der Waals surface area contributed by atoms with Crippen molar-refractivity contribution < 1.29 is 9.90 Å². The summed E-state index contributed by atoms with van der Waals surface area (Å²) in [5.41, 5.74) is 0.961. The highest BCUT2D eigenvalue weighted by molar-refractivity contribution is 5.61. The summed E-state index contributed by atoms with van der Waals surface area (Å²) in [5.74, 6) is 0.240. The van der Waals surface area contributed by atoms with E-state index in [4.69, 9.17) is 0 Å². The van der Waals surface area contributed by atoms with Gasteiger partial charge in [0.05, 0.1) is 6.04 Å². The Labute approximate surface area is 131 Å². The molecule has 22 heavy (non-hydrogen) atoms. The van der Waals surface area contributed by atoms with Gasteiger partial charge in [0, 0.05) is 32.2 Å². The Morgan fingerprint density at radius 3 is 2.32 bits per heavy atom. The zero-order chi connectivity index (χ0) is 15.4. The fourth-order valence-electron chi connectivity index (χ4n) is 3.60. The lowest BCUT2D eigenvalue weighted by Crippen LogP contribution is -2.53. The number of rotatable bonds is 4. The number of hydrogen-bond acceptors (Lipinski definition) is 5. The van der Waals surface area contributed by atoms with Crippen LogP contribution in [-0.2, 0) is 4.79 Å². The summed E-state index contributed by atoms with van der Waals surface area (Å²) in [6, 6.07) is 7.48. The zero-order valence-electron chi connectivity index (χ0n) is 12.9. The molecule has 1 aromatic carbocycles. The predicted molar refractivity (Wildman–Crippen MR) is 85.9 cm³/mol. The van der Waals surface area contributed by atoms with E-state index in [1.165, 1.54) is 12.8 Å². The Balaban J connectivity index is 1.59. The molecule has 2 heterocycles. The number of piperidine rings is 1. The largest absolute Gasteiger partial charge is 0.508 e. The summed E-state index contributed by atoms with van der Waals surface area (Å²) >= 11 is 0. The third-order valence-electron chi connectivity index (χ3n) is 4.93. The summed E-state index contributed by atoms with van der Waals surface area (Å²) in [6.45, 7) is 6.16. The van der Waals surface area contributed by atoms with Gasteiger partial charge in [0.15, 0.2) is 0 Å². The van der Waals surface area contributed by atoms with Crippen molar-refractivity contribution in [3.8, 4) is 5.75 Å². The monoisotopic (exact) mass is 303 g/mol. The van der Waals surface area contributed by atoms with Gasteiger partial charge >= 0.3 is 0 Å². The molecule has 2 fully saturated rings. The van der Waals surface area contributed by atoms with Crippen LogP contribution in [0.1, 0.15) is 24.4 Å². The van der Waals surface area contributed by atoms with E-state index in [-0.39, 0.29) is 11.8 Å². The van der Waals surface area contributed by atoms with Crippen LogP contribution in [0, 0.1) is 0 Å². The molecular formula is C17H25N3O2. The van der Waals surface area contributed by atoms with Gasteiger partial charge < -0.3 is 15.2 Å². The van der Waals surface area contributed by atoms with E-state index in [1.54, 1.807) is 12.1 Å². The maximum absolute atomic E-state index is 11.5. The number of nitrogens with one attached hydrogen (secondary N) is 1. The van der Waals surface area contributed by atoms with E-state index in [1.807, 2.05) is 12.1 Å². The number of carbonyl (C=O) groups excluding carboxylic acids is 1. The van der Waals surface area contributed by atoms with Crippen LogP contribution in [0.15, 0.2) is 24.3 Å². The molecule has 5 nitrogen and oxygen atoms in total. The van der Waals surface area contributed by atoms with Crippen molar-refractivity contribution in [1.29, 1.82) is 0 Å². The maximum atomic E-state index is 11.5. The average molecular weight is 303 g/mol. The fourth-order valence-corrected chi connectivity index (χ4v) is 3.60. The molecule has 0 spiro atoms. The Kier molecular flexibility index (Phi) is 5.08. The molecule has 3 rings (SSSR count). The van der Waals surface area contributed by atoms with Crippen molar-refractivity contribution in [1.82, 2.24) is 15.1 Å². The number of piperazine rings is 1. The Bertz CT molecular complexity index is 477. The van der Waals surface area contributed by atoms with Gasteiger partial charge in [-0.1, -0.05) is 12.1 Å². The van der Waals surface area contributed by atoms with Crippen molar-refractivity contribution in [2.45, 2.75) is 24.9 Å². The van der Waals surface area contributed by atoms with Gasteiger partial charge in [-0.2, -0.15) is 0 Å². The molecule has 1 aromatic rings. The molecule has 0 aromatic heterocycles. The molecule has 0 bridgehead atoms. The van der Waals surface area contributed by atoms with Gasteiger partial charge in [-0.3, -0.25) is 9.80 Å². The molecule has 2 N–H and O–H groups in total. The molecule has 0 saturated carbocycles. The summed E-state index contributed by atoms with van der Waals surface area (Å²) in [5, 5.41) is 12.8. The molecule has 2 aliphatic heterocycles. The molecule has 2 saturated heterocycles. The van der Waals surface area contributed by atoms with Gasteiger partial charge in [0.1, 0.15) is 12.0 Å². The second kappa shape index (κ2) is 7.22. The molecule has 1 atom stereocenters. The summed E-state index contributed by atoms with van der Waals surface area (Å²) in [6.07, 6.45) is 3.48. The van der Waals surface area contributed by atoms with Crippen LogP contribution in [0.25, 0.3) is 0 Å². The number of aromatic hydroxyl groups is 1. The van der Waals surface area contributed by atoms with Crippen LogP contribution in [-0.4, -0.2) is 66.5 Å². The molecule has 0 aliphatic carbocycles. The minimum atomic E-state index is -0.198. The van der Waals surface area contributed by atoms with Crippen LogP contribution in [0.5, 0.6) is 5.75 Å². The number of benzene rings is 1. The summed E-state index contributed by atoms with van der Waals surface area (Å²) in [7, 11) is 0. The highest BCUT2D eigenvalue weighted by atomic mass is 16.3. The van der Waals surface area contributed by atoms with Gasteiger partial charge in [-0.25, -0.2) is 0 Å². The SMILES string of the molecule is O=CC(c1ccc(O)cc1)N1CCN(C2CCNCC2)CC1. The molecular weight excluding hydrogens is 278 g/mol. The van der Waals surface area contributed by atoms with Crippen molar-refractivity contribution in [3.63, 3.8) is 0 Å². The molecule has 120 valence electrons. The first kappa shape index (κ1) is 15.5. The van der Waals surface area contributed by atoms with Crippen LogP contribution >= 0.6 is 0 Å². The van der Waals surface area contributed by atoms with Crippen molar-refractivity contribution in [2.24, 2.45) is 0 Å². The lowest BCUT2D eigenvalue weighted by atomic mass is 10.0. The van der Waals surface area contributed by atoms with Crippen LogP contribution in [0.2, 0.25) is 0 Å². The average Bonchev–Trinajstić information content (AvgIpc) is 2.59. The van der Waals surface area contributed by atoms with Gasteiger partial charge in [-0.15, -0.1) is 0 Å². The van der Waals surface area contributed by atoms with E-state index in [9.17, 15) is 9.90 Å². The number of phenolic OH excluding ortho intramolecular Hbond substituents is 1. The predicted octanol–water partition coefficient (Wildman–Crippen LogP) is 1.00. The lowest BCUT2D eigenvalue weighted by molar-refractivity contribution is -0.113. The molecule has 0 radical (unpaired) electrons. The summed E-state index contributed by atoms with van der Waals surface area (Å²) < 4.78 is 0. The first-order valence-corrected chi connectivity index (χ1v) is 8.21. The van der Waals surface area contributed by atoms with E-state index in [0.29, 0.717) is 6.04 Å². The van der Waals surface area contributed by atoms with Crippen molar-refractivity contribution >= 4 is 6.29 Å². The minimum Gasteiger partial charge on any atom is -0.508 e. The number of carbonyl (C=O) groups is 1. The molecule has 1 unspecified atom stereocenters. The van der Waals surface area contributed by atoms with E-state index < -0.39 is 0 Å². The quantitative estimate of drug-likeness (QED) is 0.813. The lowest BCUT2D eigenvalue weighted by Gasteiger charge is -2.42. The normalized spacial score (nSPS) is 23.3. The van der Waals surface area contributed by atoms with Gasteiger partial charge in [-0.05, 0) is 43.6 Å². The molecule has 5 heteroatoms. The second-order valence-electron chi connectivity index (χ2n) is 6.23. The Morgan fingerprint density at radius 1 is 1.09 bits per heavy atom. The molecule has 0 amide bonds. The Hall–Kier alpha value is -1.43. The highest BCUT2D eigenvalue weighted by Crippen LogP contribution is 2.23. The number of phenols is 1. The standard InChI is InChI=1S/C17H25N3O2/c21-13-17(14-1-3-16(22)4-2-14)20-11-9-19(10-12-20)15-5-7-18-8-6-15/h1-4,13,15,17-18,22H,5-12H2. The number of hydrogen-bond donors (Lipinski definition) is 2. The van der Waals surface area contributed by atoms with Gasteiger partial charge in [0.25, 0.3) is 0 Å². The van der Waals surface area contributed by atoms with Gasteiger partial charge in [0.2, 0.25) is 0 Å². The smallest absolute Gasteiger partial charge is 0.141 e. The zero-order valence-corrected chi connectivity index (χ0v) is 12.9. The van der Waals surface area contributed by atoms with Crippen LogP contribution < -0.4 is 5.32 Å². The first-order valence-electron chi connectivity index (χ1n) is 8.21. The van der Waals surface area contributed by atoms with Crippen LogP contribution in [0.4, 0.5) is 0 Å². The van der Waals surface area contributed by atoms with E-state index >= 15 is 0 Å². The second-order valence-corrected chi connectivity index (χ2v) is 6.23. The number of nitrogens with zero attached hydrogens (tertiary/aromatic N) is 2. The first-order chi connectivity index (χ1) is 10.8. The number of aldehydes is 1. The third-order valence-corrected chi connectivity index (χ3v) is 4.93. The van der Waals surface area contributed by atoms with E-state index in [2.05, 4.69) is 15.1 Å². The molecule has 2 aliphatic rings. The van der Waals surface area contributed by atoms with Crippen molar-refractivity contribution in [2.75, 3.05) is 39.3 Å². The highest BCUT2D eigenvalue weighted by Gasteiger charge is 2.28. The fraction of sp³-hybridized carbons (Fsp3) is 0.588. The Morgan fingerprint density at radius 2 is 1.73 bits per heavy atom. The topological polar surface area (TPSA) is 55.8 Å². The van der Waals surface area contributed by atoms with Crippen molar-refractivity contribution in [3.05, 3.63) is 29.8 Å². The van der Waals surface area contributed by atoms with Crippen LogP contribution in [0.3, 0.4) is 0 Å². The van der Waals surface area contributed by atoms with E-state index in [0.717, 1.165) is 51.1 Å². The third kappa shape index (κ3) is 3.48.